The van der Waals surface area contributed by atoms with Crippen LogP contribution in [-0.2, 0) is 10.9 Å². The van der Waals surface area contributed by atoms with E-state index in [9.17, 15) is 13.2 Å². The molecule has 3 unspecified atom stereocenters. The molecule has 1 aromatic rings. The van der Waals surface area contributed by atoms with Crippen molar-refractivity contribution in [1.82, 2.24) is 5.32 Å². The van der Waals surface area contributed by atoms with Gasteiger partial charge in [0.15, 0.2) is 0 Å². The molecule has 1 N–H and O–H groups in total. The van der Waals surface area contributed by atoms with Crippen LogP contribution in [0.25, 0.3) is 0 Å². The van der Waals surface area contributed by atoms with Gasteiger partial charge >= 0.3 is 6.18 Å². The third-order valence-corrected chi connectivity index (χ3v) is 3.85. The predicted molar refractivity (Wildman–Crippen MR) is 76.0 cm³/mol. The largest absolute Gasteiger partial charge is 0.416 e. The molecule has 3 atom stereocenters. The maximum Gasteiger partial charge on any atom is 0.416 e. The van der Waals surface area contributed by atoms with Gasteiger partial charge in [-0.1, -0.05) is 25.1 Å². The fourth-order valence-electron chi connectivity index (χ4n) is 2.85. The van der Waals surface area contributed by atoms with Gasteiger partial charge in [0.1, 0.15) is 0 Å². The minimum Gasteiger partial charge on any atom is -0.373 e. The Morgan fingerprint density at radius 2 is 2.00 bits per heavy atom. The lowest BCUT2D eigenvalue weighted by Gasteiger charge is -2.27. The molecule has 0 spiro atoms. The van der Waals surface area contributed by atoms with Crippen molar-refractivity contribution in [2.24, 2.45) is 0 Å². The molecule has 5 heteroatoms. The van der Waals surface area contributed by atoms with E-state index in [1.54, 1.807) is 12.1 Å². The van der Waals surface area contributed by atoms with Gasteiger partial charge in [-0.2, -0.15) is 13.2 Å². The lowest BCUT2D eigenvalue weighted by Crippen LogP contribution is -2.34. The number of alkyl halides is 3. The Labute approximate surface area is 123 Å². The van der Waals surface area contributed by atoms with Gasteiger partial charge in [0.05, 0.1) is 23.8 Å². The summed E-state index contributed by atoms with van der Waals surface area (Å²) < 4.78 is 45.5. The van der Waals surface area contributed by atoms with Crippen molar-refractivity contribution in [2.75, 3.05) is 6.54 Å². The molecular weight excluding hydrogens is 279 g/mol. The van der Waals surface area contributed by atoms with Gasteiger partial charge in [0.2, 0.25) is 0 Å². The first-order valence-electron chi connectivity index (χ1n) is 7.48. The van der Waals surface area contributed by atoms with Gasteiger partial charge in [-0.05, 0) is 44.4 Å². The van der Waals surface area contributed by atoms with Crippen LogP contribution in [0.2, 0.25) is 0 Å². The van der Waals surface area contributed by atoms with E-state index in [0.29, 0.717) is 6.54 Å². The summed E-state index contributed by atoms with van der Waals surface area (Å²) in [4.78, 5) is 0. The molecule has 1 heterocycles. The summed E-state index contributed by atoms with van der Waals surface area (Å²) >= 11 is 0. The second kappa shape index (κ2) is 6.79. The van der Waals surface area contributed by atoms with Crippen molar-refractivity contribution < 1.29 is 17.9 Å². The Hall–Kier alpha value is -1.07. The molecule has 1 aromatic carbocycles. The van der Waals surface area contributed by atoms with Crippen molar-refractivity contribution in [2.45, 2.75) is 57.5 Å². The molecule has 1 fully saturated rings. The highest BCUT2D eigenvalue weighted by atomic mass is 19.4. The first-order valence-corrected chi connectivity index (χ1v) is 7.48. The Morgan fingerprint density at radius 1 is 1.29 bits per heavy atom. The van der Waals surface area contributed by atoms with E-state index in [-0.39, 0.29) is 17.8 Å². The molecule has 2 rings (SSSR count). The lowest BCUT2D eigenvalue weighted by atomic mass is 9.94. The molecule has 21 heavy (non-hydrogen) atoms. The number of hydrogen-bond acceptors (Lipinski definition) is 2. The summed E-state index contributed by atoms with van der Waals surface area (Å²) in [5, 5.41) is 3.24. The standard InChI is InChI=1S/C16H22F3NO/c1-3-10-20-15(14-9-8-11(2)21-14)12-6-4-5-7-13(12)16(17,18)19/h4-7,11,14-15,20H,3,8-10H2,1-2H3. The van der Waals surface area contributed by atoms with Crippen LogP contribution in [-0.4, -0.2) is 18.8 Å². The lowest BCUT2D eigenvalue weighted by molar-refractivity contribution is -0.138. The highest BCUT2D eigenvalue weighted by Gasteiger charge is 2.38. The van der Waals surface area contributed by atoms with Crippen LogP contribution in [0.3, 0.4) is 0 Å². The normalized spacial score (nSPS) is 24.2. The van der Waals surface area contributed by atoms with Crippen LogP contribution in [0.15, 0.2) is 24.3 Å². The minimum absolute atomic E-state index is 0.110. The fourth-order valence-corrected chi connectivity index (χ4v) is 2.85. The Balaban J connectivity index is 2.32. The Bertz CT molecular complexity index is 461. The van der Waals surface area contributed by atoms with Crippen LogP contribution >= 0.6 is 0 Å². The average molecular weight is 301 g/mol. The van der Waals surface area contributed by atoms with Crippen LogP contribution in [0.5, 0.6) is 0 Å². The Kier molecular flexibility index (Phi) is 5.27. The number of benzene rings is 1. The van der Waals surface area contributed by atoms with E-state index in [1.165, 1.54) is 6.07 Å². The summed E-state index contributed by atoms with van der Waals surface area (Å²) in [5.74, 6) is 0. The molecule has 1 aliphatic heterocycles. The Morgan fingerprint density at radius 3 is 2.57 bits per heavy atom. The third-order valence-electron chi connectivity index (χ3n) is 3.85. The second-order valence-electron chi connectivity index (χ2n) is 5.58. The summed E-state index contributed by atoms with van der Waals surface area (Å²) in [7, 11) is 0. The number of halogens is 3. The maximum absolute atomic E-state index is 13.2. The van der Waals surface area contributed by atoms with Gasteiger partial charge in [-0.15, -0.1) is 0 Å². The molecular formula is C16H22F3NO. The summed E-state index contributed by atoms with van der Waals surface area (Å²) in [5.41, 5.74) is -0.278. The van der Waals surface area contributed by atoms with Crippen LogP contribution in [0, 0.1) is 0 Å². The molecule has 0 aliphatic carbocycles. The maximum atomic E-state index is 13.2. The summed E-state index contributed by atoms with van der Waals surface area (Å²) in [6.45, 7) is 4.63. The van der Waals surface area contributed by atoms with E-state index in [2.05, 4.69) is 5.32 Å². The molecule has 1 saturated heterocycles. The van der Waals surface area contributed by atoms with Gasteiger partial charge in [0, 0.05) is 0 Å². The van der Waals surface area contributed by atoms with Crippen LogP contribution in [0.4, 0.5) is 13.2 Å². The van der Waals surface area contributed by atoms with E-state index < -0.39 is 17.8 Å². The first kappa shape index (κ1) is 16.3. The number of hydrogen-bond donors (Lipinski definition) is 1. The molecule has 0 aromatic heterocycles. The zero-order valence-electron chi connectivity index (χ0n) is 12.4. The van der Waals surface area contributed by atoms with Crippen molar-refractivity contribution >= 4 is 0 Å². The van der Waals surface area contributed by atoms with Crippen molar-refractivity contribution in [3.8, 4) is 0 Å². The summed E-state index contributed by atoms with van der Waals surface area (Å²) in [6.07, 6.45) is -1.88. The average Bonchev–Trinajstić information content (AvgIpc) is 2.85. The predicted octanol–water partition coefficient (Wildman–Crippen LogP) is 4.31. The zero-order valence-corrected chi connectivity index (χ0v) is 12.4. The third kappa shape index (κ3) is 3.98. The molecule has 0 saturated carbocycles. The number of ether oxygens (including phenoxy) is 1. The number of nitrogens with one attached hydrogen (secondary N) is 1. The molecule has 1 aliphatic rings. The molecule has 118 valence electrons. The van der Waals surface area contributed by atoms with E-state index in [0.717, 1.165) is 25.3 Å². The van der Waals surface area contributed by atoms with Crippen LogP contribution < -0.4 is 5.32 Å². The zero-order chi connectivity index (χ0) is 15.5. The van der Waals surface area contributed by atoms with Crippen LogP contribution in [0.1, 0.15) is 50.3 Å². The minimum atomic E-state index is -4.34. The van der Waals surface area contributed by atoms with Crippen molar-refractivity contribution in [3.63, 3.8) is 0 Å². The highest BCUT2D eigenvalue weighted by molar-refractivity contribution is 5.33. The smallest absolute Gasteiger partial charge is 0.373 e. The van der Waals surface area contributed by atoms with E-state index in [1.807, 2.05) is 13.8 Å². The van der Waals surface area contributed by atoms with E-state index in [4.69, 9.17) is 4.74 Å². The van der Waals surface area contributed by atoms with Gasteiger partial charge < -0.3 is 10.1 Å². The molecule has 2 nitrogen and oxygen atoms in total. The first-order chi connectivity index (χ1) is 9.93. The quantitative estimate of drug-likeness (QED) is 0.875. The summed E-state index contributed by atoms with van der Waals surface area (Å²) in [6, 6.07) is 5.38. The molecule has 0 bridgehead atoms. The molecule has 0 amide bonds. The molecule has 0 radical (unpaired) electrons. The second-order valence-corrected chi connectivity index (χ2v) is 5.58. The fraction of sp³-hybridized carbons (Fsp3) is 0.625. The van der Waals surface area contributed by atoms with Gasteiger partial charge in [-0.25, -0.2) is 0 Å². The van der Waals surface area contributed by atoms with Gasteiger partial charge in [0.25, 0.3) is 0 Å². The highest BCUT2D eigenvalue weighted by Crippen LogP contribution is 2.38. The number of rotatable bonds is 5. The van der Waals surface area contributed by atoms with E-state index >= 15 is 0 Å². The van der Waals surface area contributed by atoms with Crippen molar-refractivity contribution in [3.05, 3.63) is 35.4 Å². The van der Waals surface area contributed by atoms with Crippen molar-refractivity contribution in [1.29, 1.82) is 0 Å². The monoisotopic (exact) mass is 301 g/mol. The topological polar surface area (TPSA) is 21.3 Å². The SMILES string of the molecule is CCCNC(c1ccccc1C(F)(F)F)C1CCC(C)O1. The van der Waals surface area contributed by atoms with Gasteiger partial charge in [-0.3, -0.25) is 0 Å².